The van der Waals surface area contributed by atoms with Crippen molar-refractivity contribution in [1.82, 2.24) is 0 Å². The number of benzene rings is 1. The molecular weight excluding hydrogens is 274 g/mol. The van der Waals surface area contributed by atoms with E-state index in [1.54, 1.807) is 6.92 Å². The molecule has 0 aliphatic carbocycles. The summed E-state index contributed by atoms with van der Waals surface area (Å²) < 4.78 is 6.57. The van der Waals surface area contributed by atoms with Crippen molar-refractivity contribution in [3.8, 4) is 0 Å². The molecule has 3 heteroatoms. The van der Waals surface area contributed by atoms with Crippen molar-refractivity contribution in [2.45, 2.75) is 53.3 Å². The number of quaternary nitrogens is 1. The molecular formula is C19H30NO2+. The Labute approximate surface area is 135 Å². The van der Waals surface area contributed by atoms with Crippen molar-refractivity contribution in [2.75, 3.05) is 13.1 Å². The standard InChI is InChI=1S/C19H30NO2/c1-6-12-18(22-19(21)16(4)5)20(7-2,8-3)15-17-13-10-9-11-14-17/h9-11,13-14,18H,4,6-8,12,15H2,1-3,5H3/q+1. The van der Waals surface area contributed by atoms with Crippen molar-refractivity contribution in [3.05, 3.63) is 48.0 Å². The van der Waals surface area contributed by atoms with Crippen molar-refractivity contribution in [1.29, 1.82) is 0 Å². The summed E-state index contributed by atoms with van der Waals surface area (Å²) in [5, 5.41) is 0. The van der Waals surface area contributed by atoms with Crippen LogP contribution in [0.2, 0.25) is 0 Å². The molecule has 0 fully saturated rings. The van der Waals surface area contributed by atoms with Crippen molar-refractivity contribution < 1.29 is 14.0 Å². The zero-order valence-electron chi connectivity index (χ0n) is 14.5. The third-order valence-electron chi connectivity index (χ3n) is 4.34. The fourth-order valence-corrected chi connectivity index (χ4v) is 2.82. The highest BCUT2D eigenvalue weighted by Crippen LogP contribution is 2.24. The van der Waals surface area contributed by atoms with Gasteiger partial charge in [-0.15, -0.1) is 0 Å². The van der Waals surface area contributed by atoms with Gasteiger partial charge in [0.25, 0.3) is 0 Å². The van der Waals surface area contributed by atoms with Gasteiger partial charge in [-0.2, -0.15) is 0 Å². The van der Waals surface area contributed by atoms with Gasteiger partial charge in [-0.25, -0.2) is 4.79 Å². The zero-order chi connectivity index (χ0) is 16.6. The molecule has 0 radical (unpaired) electrons. The molecule has 0 saturated heterocycles. The van der Waals surface area contributed by atoms with E-state index >= 15 is 0 Å². The van der Waals surface area contributed by atoms with E-state index in [9.17, 15) is 4.79 Å². The van der Waals surface area contributed by atoms with E-state index < -0.39 is 0 Å². The maximum Gasteiger partial charge on any atom is 0.337 e. The average Bonchev–Trinajstić information content (AvgIpc) is 2.53. The van der Waals surface area contributed by atoms with Gasteiger partial charge in [0.2, 0.25) is 6.23 Å². The van der Waals surface area contributed by atoms with Crippen LogP contribution in [0.4, 0.5) is 0 Å². The van der Waals surface area contributed by atoms with E-state index in [1.165, 1.54) is 5.56 Å². The summed E-state index contributed by atoms with van der Waals surface area (Å²) in [6, 6.07) is 10.4. The first-order valence-corrected chi connectivity index (χ1v) is 8.25. The molecule has 1 aromatic carbocycles. The molecule has 0 bridgehead atoms. The molecule has 122 valence electrons. The van der Waals surface area contributed by atoms with E-state index in [4.69, 9.17) is 4.74 Å². The molecule has 0 aromatic heterocycles. The molecule has 1 rings (SSSR count). The summed E-state index contributed by atoms with van der Waals surface area (Å²) in [6.07, 6.45) is 1.74. The normalized spacial score (nSPS) is 12.7. The lowest BCUT2D eigenvalue weighted by Crippen LogP contribution is -2.56. The lowest BCUT2D eigenvalue weighted by molar-refractivity contribution is -0.978. The SMILES string of the molecule is C=C(C)C(=O)OC(CCC)[N+](CC)(CC)Cc1ccccc1. The van der Waals surface area contributed by atoms with Gasteiger partial charge >= 0.3 is 5.97 Å². The second-order valence-electron chi connectivity index (χ2n) is 5.92. The third kappa shape index (κ3) is 4.70. The van der Waals surface area contributed by atoms with Gasteiger partial charge in [0.05, 0.1) is 13.1 Å². The van der Waals surface area contributed by atoms with Crippen LogP contribution in [0, 0.1) is 0 Å². The minimum absolute atomic E-state index is 0.121. The maximum absolute atomic E-state index is 12.0. The summed E-state index contributed by atoms with van der Waals surface area (Å²) in [7, 11) is 0. The largest absolute Gasteiger partial charge is 0.409 e. The van der Waals surface area contributed by atoms with Crippen LogP contribution in [0.3, 0.4) is 0 Å². The second-order valence-corrected chi connectivity index (χ2v) is 5.92. The molecule has 0 saturated carbocycles. The summed E-state index contributed by atoms with van der Waals surface area (Å²) in [4.78, 5) is 12.0. The van der Waals surface area contributed by atoms with Gasteiger partial charge < -0.3 is 4.74 Å². The molecule has 1 unspecified atom stereocenters. The lowest BCUT2D eigenvalue weighted by Gasteiger charge is -2.42. The fourth-order valence-electron chi connectivity index (χ4n) is 2.82. The first-order valence-electron chi connectivity index (χ1n) is 8.25. The van der Waals surface area contributed by atoms with Crippen LogP contribution >= 0.6 is 0 Å². The van der Waals surface area contributed by atoms with Crippen molar-refractivity contribution in [2.24, 2.45) is 0 Å². The quantitative estimate of drug-likeness (QED) is 0.294. The smallest absolute Gasteiger partial charge is 0.337 e. The van der Waals surface area contributed by atoms with Crippen LogP contribution in [0.5, 0.6) is 0 Å². The molecule has 3 nitrogen and oxygen atoms in total. The number of hydrogen-bond acceptors (Lipinski definition) is 2. The predicted octanol–water partition coefficient (Wildman–Crippen LogP) is 4.29. The average molecular weight is 304 g/mol. The zero-order valence-corrected chi connectivity index (χ0v) is 14.5. The lowest BCUT2D eigenvalue weighted by atomic mass is 10.1. The molecule has 0 aliphatic heterocycles. The van der Waals surface area contributed by atoms with Crippen molar-refractivity contribution >= 4 is 5.97 Å². The fraction of sp³-hybridized carbons (Fsp3) is 0.526. The number of carbonyl (C=O) groups is 1. The van der Waals surface area contributed by atoms with Crippen LogP contribution < -0.4 is 0 Å². The first kappa shape index (κ1) is 18.4. The first-order chi connectivity index (χ1) is 10.5. The van der Waals surface area contributed by atoms with Gasteiger partial charge in [-0.1, -0.05) is 43.8 Å². The highest BCUT2D eigenvalue weighted by atomic mass is 16.6. The molecule has 0 spiro atoms. The topological polar surface area (TPSA) is 26.3 Å². The van der Waals surface area contributed by atoms with Crippen LogP contribution in [-0.2, 0) is 16.1 Å². The van der Waals surface area contributed by atoms with Gasteiger partial charge in [0.15, 0.2) is 0 Å². The predicted molar refractivity (Wildman–Crippen MR) is 91.1 cm³/mol. The van der Waals surface area contributed by atoms with E-state index in [0.29, 0.717) is 5.57 Å². The summed E-state index contributed by atoms with van der Waals surface area (Å²) >= 11 is 0. The van der Waals surface area contributed by atoms with E-state index in [1.807, 2.05) is 6.07 Å². The molecule has 0 heterocycles. The maximum atomic E-state index is 12.0. The molecule has 1 aromatic rings. The molecule has 22 heavy (non-hydrogen) atoms. The second kappa shape index (κ2) is 8.74. The number of ether oxygens (including phenoxy) is 1. The van der Waals surface area contributed by atoms with Crippen molar-refractivity contribution in [3.63, 3.8) is 0 Å². The van der Waals surface area contributed by atoms with Gasteiger partial charge in [0.1, 0.15) is 6.54 Å². The number of esters is 1. The minimum atomic E-state index is -0.282. The van der Waals surface area contributed by atoms with Gasteiger partial charge in [0, 0.05) is 17.6 Å². The van der Waals surface area contributed by atoms with Crippen LogP contribution in [0.1, 0.15) is 46.1 Å². The monoisotopic (exact) mass is 304 g/mol. The number of hydrogen-bond donors (Lipinski definition) is 0. The van der Waals surface area contributed by atoms with Gasteiger partial charge in [-0.3, -0.25) is 4.48 Å². The Morgan fingerprint density at radius 3 is 2.23 bits per heavy atom. The van der Waals surface area contributed by atoms with Crippen LogP contribution in [-0.4, -0.2) is 29.8 Å². The number of rotatable bonds is 9. The summed E-state index contributed by atoms with van der Waals surface area (Å²) in [5.74, 6) is -0.282. The Hall–Kier alpha value is -1.61. The Kier molecular flexibility index (Phi) is 7.33. The molecule has 0 aliphatic rings. The van der Waals surface area contributed by atoms with E-state index in [-0.39, 0.29) is 12.2 Å². The van der Waals surface area contributed by atoms with Gasteiger partial charge in [-0.05, 0) is 27.2 Å². The third-order valence-corrected chi connectivity index (χ3v) is 4.34. The Morgan fingerprint density at radius 1 is 1.18 bits per heavy atom. The number of nitrogens with zero attached hydrogens (tertiary/aromatic N) is 1. The van der Waals surface area contributed by atoms with E-state index in [2.05, 4.69) is 51.6 Å². The van der Waals surface area contributed by atoms with Crippen LogP contribution in [0.15, 0.2) is 42.5 Å². The Bertz CT molecular complexity index is 477. The van der Waals surface area contributed by atoms with E-state index in [0.717, 1.165) is 37.0 Å². The minimum Gasteiger partial charge on any atom is -0.409 e. The Balaban J connectivity index is 3.05. The Morgan fingerprint density at radius 2 is 1.77 bits per heavy atom. The summed E-state index contributed by atoms with van der Waals surface area (Å²) in [5.41, 5.74) is 1.74. The summed E-state index contributed by atoms with van der Waals surface area (Å²) in [6.45, 7) is 14.6. The molecule has 1 atom stereocenters. The van der Waals surface area contributed by atoms with Crippen LogP contribution in [0.25, 0.3) is 0 Å². The number of carbonyl (C=O) groups excluding carboxylic acids is 1. The highest BCUT2D eigenvalue weighted by molar-refractivity contribution is 5.87. The highest BCUT2D eigenvalue weighted by Gasteiger charge is 2.36. The molecule has 0 amide bonds. The molecule has 0 N–H and O–H groups in total.